The van der Waals surface area contributed by atoms with Gasteiger partial charge in [-0.25, -0.2) is 0 Å². The van der Waals surface area contributed by atoms with E-state index in [0.29, 0.717) is 28.6 Å². The lowest BCUT2D eigenvalue weighted by Gasteiger charge is -2.12. The summed E-state index contributed by atoms with van der Waals surface area (Å²) in [4.78, 5) is 13.5. The summed E-state index contributed by atoms with van der Waals surface area (Å²) in [5.41, 5.74) is 1.31. The second kappa shape index (κ2) is 9.20. The molecule has 0 aliphatic heterocycles. The fourth-order valence-electron chi connectivity index (χ4n) is 2.44. The van der Waals surface area contributed by atoms with Crippen LogP contribution in [0.25, 0.3) is 6.08 Å². The summed E-state index contributed by atoms with van der Waals surface area (Å²) in [5, 5.41) is 0. The third kappa shape index (κ3) is 4.32. The van der Waals surface area contributed by atoms with Crippen LogP contribution in [0, 0.1) is 0 Å². The van der Waals surface area contributed by atoms with Crippen LogP contribution in [0.1, 0.15) is 15.9 Å². The van der Waals surface area contributed by atoms with Crippen LogP contribution in [0.4, 0.5) is 0 Å². The van der Waals surface area contributed by atoms with Crippen molar-refractivity contribution in [2.24, 2.45) is 0 Å². The quantitative estimate of drug-likeness (QED) is 0.389. The number of carbonyl (C=O) groups excluding carboxylic acids is 1. The van der Waals surface area contributed by atoms with Gasteiger partial charge >= 0.3 is 0 Å². The van der Waals surface area contributed by atoms with E-state index in [1.165, 1.54) is 24.9 Å². The number of hydrogen-bond acceptors (Lipinski definition) is 6. The van der Waals surface area contributed by atoms with Gasteiger partial charge < -0.3 is 18.9 Å². The standard InChI is InChI=1S/C20H22O5S/c1-22-16-9-7-13(10-18(16)24-3)6-8-15(21)14-11-20(26-5)19(25-4)12-17(14)23-2/h6-12H,1-5H3/b8-6+. The molecule has 0 saturated heterocycles. The van der Waals surface area contributed by atoms with E-state index in [0.717, 1.165) is 10.5 Å². The van der Waals surface area contributed by atoms with Gasteiger partial charge in [0.1, 0.15) is 11.5 Å². The maximum Gasteiger partial charge on any atom is 0.189 e. The van der Waals surface area contributed by atoms with Crippen molar-refractivity contribution in [3.05, 3.63) is 47.5 Å². The molecule has 2 rings (SSSR count). The van der Waals surface area contributed by atoms with Gasteiger partial charge in [-0.05, 0) is 36.1 Å². The molecule has 0 atom stereocenters. The number of benzene rings is 2. The van der Waals surface area contributed by atoms with Crippen molar-refractivity contribution >= 4 is 23.6 Å². The van der Waals surface area contributed by atoms with E-state index in [1.54, 1.807) is 51.7 Å². The minimum atomic E-state index is -0.158. The molecule has 0 aromatic heterocycles. The number of thioether (sulfide) groups is 1. The highest BCUT2D eigenvalue weighted by molar-refractivity contribution is 7.98. The molecule has 138 valence electrons. The Hall–Kier alpha value is -2.60. The van der Waals surface area contributed by atoms with Gasteiger partial charge in [0, 0.05) is 6.07 Å². The predicted octanol–water partition coefficient (Wildman–Crippen LogP) is 4.34. The number of carbonyl (C=O) groups is 1. The lowest BCUT2D eigenvalue weighted by Crippen LogP contribution is -2.01. The van der Waals surface area contributed by atoms with Crippen molar-refractivity contribution < 1.29 is 23.7 Å². The van der Waals surface area contributed by atoms with E-state index in [2.05, 4.69) is 0 Å². The summed E-state index contributed by atoms with van der Waals surface area (Å²) >= 11 is 1.51. The summed E-state index contributed by atoms with van der Waals surface area (Å²) < 4.78 is 21.2. The fourth-order valence-corrected chi connectivity index (χ4v) is 3.02. The monoisotopic (exact) mass is 374 g/mol. The highest BCUT2D eigenvalue weighted by Gasteiger charge is 2.15. The van der Waals surface area contributed by atoms with Crippen LogP contribution in [0.2, 0.25) is 0 Å². The molecule has 2 aromatic carbocycles. The first kappa shape index (κ1) is 19.7. The molecule has 0 bridgehead atoms. The SMILES string of the molecule is COc1ccc(/C=C/C(=O)c2cc(SC)c(OC)cc2OC)cc1OC. The molecule has 0 saturated carbocycles. The Balaban J connectivity index is 2.33. The zero-order chi connectivity index (χ0) is 19.1. The second-order valence-electron chi connectivity index (χ2n) is 5.22. The Morgan fingerprint density at radius 3 is 2.08 bits per heavy atom. The molecule has 0 aliphatic carbocycles. The lowest BCUT2D eigenvalue weighted by molar-refractivity contribution is 0.104. The van der Waals surface area contributed by atoms with E-state index in [1.807, 2.05) is 12.3 Å². The minimum absolute atomic E-state index is 0.158. The molecule has 6 heteroatoms. The Bertz CT molecular complexity index is 814. The Labute approximate surface area is 157 Å². The summed E-state index contributed by atoms with van der Waals surface area (Å²) in [6, 6.07) is 8.96. The molecule has 0 spiro atoms. The fraction of sp³-hybridized carbons (Fsp3) is 0.250. The molecule has 0 heterocycles. The van der Waals surface area contributed by atoms with Crippen LogP contribution >= 0.6 is 11.8 Å². The van der Waals surface area contributed by atoms with Crippen molar-refractivity contribution in [1.82, 2.24) is 0 Å². The zero-order valence-electron chi connectivity index (χ0n) is 15.5. The Morgan fingerprint density at radius 2 is 1.50 bits per heavy atom. The smallest absolute Gasteiger partial charge is 0.189 e. The molecule has 0 amide bonds. The number of rotatable bonds is 8. The van der Waals surface area contributed by atoms with Gasteiger partial charge in [0.2, 0.25) is 0 Å². The van der Waals surface area contributed by atoms with Crippen molar-refractivity contribution in [3.63, 3.8) is 0 Å². The van der Waals surface area contributed by atoms with Gasteiger partial charge in [0.05, 0.1) is 38.9 Å². The predicted molar refractivity (Wildman–Crippen MR) is 104 cm³/mol. The normalized spacial score (nSPS) is 10.7. The summed E-state index contributed by atoms with van der Waals surface area (Å²) in [5.74, 6) is 2.23. The number of ether oxygens (including phenoxy) is 4. The van der Waals surface area contributed by atoms with Gasteiger partial charge in [-0.3, -0.25) is 4.79 Å². The summed E-state index contributed by atoms with van der Waals surface area (Å²) in [6.45, 7) is 0. The maximum absolute atomic E-state index is 12.7. The molecule has 26 heavy (non-hydrogen) atoms. The molecular formula is C20H22O5S. The van der Waals surface area contributed by atoms with Gasteiger partial charge in [0.25, 0.3) is 0 Å². The lowest BCUT2D eigenvalue weighted by atomic mass is 10.1. The third-order valence-electron chi connectivity index (χ3n) is 3.81. The highest BCUT2D eigenvalue weighted by atomic mass is 32.2. The largest absolute Gasteiger partial charge is 0.496 e. The molecule has 5 nitrogen and oxygen atoms in total. The average molecular weight is 374 g/mol. The van der Waals surface area contributed by atoms with Crippen molar-refractivity contribution in [3.8, 4) is 23.0 Å². The molecule has 0 N–H and O–H groups in total. The molecule has 0 radical (unpaired) electrons. The van der Waals surface area contributed by atoms with E-state index in [4.69, 9.17) is 18.9 Å². The van der Waals surface area contributed by atoms with Crippen molar-refractivity contribution in [2.45, 2.75) is 4.90 Å². The first-order valence-electron chi connectivity index (χ1n) is 7.82. The highest BCUT2D eigenvalue weighted by Crippen LogP contribution is 2.35. The third-order valence-corrected chi connectivity index (χ3v) is 4.56. The Morgan fingerprint density at radius 1 is 0.846 bits per heavy atom. The van der Waals surface area contributed by atoms with Crippen molar-refractivity contribution in [2.75, 3.05) is 34.7 Å². The van der Waals surface area contributed by atoms with Crippen molar-refractivity contribution in [1.29, 1.82) is 0 Å². The zero-order valence-corrected chi connectivity index (χ0v) is 16.3. The van der Waals surface area contributed by atoms with Gasteiger partial charge in [0.15, 0.2) is 17.3 Å². The summed E-state index contributed by atoms with van der Waals surface area (Å²) in [7, 11) is 6.27. The number of hydrogen-bond donors (Lipinski definition) is 0. The minimum Gasteiger partial charge on any atom is -0.496 e. The average Bonchev–Trinajstić information content (AvgIpc) is 2.70. The molecular weight excluding hydrogens is 352 g/mol. The van der Waals surface area contributed by atoms with Gasteiger partial charge in [-0.2, -0.15) is 0 Å². The molecule has 0 fully saturated rings. The number of methoxy groups -OCH3 is 4. The van der Waals surface area contributed by atoms with Crippen LogP contribution in [-0.4, -0.2) is 40.5 Å². The van der Waals surface area contributed by atoms with Gasteiger partial charge in [-0.15, -0.1) is 11.8 Å². The molecule has 0 aliphatic rings. The van der Waals surface area contributed by atoms with Gasteiger partial charge in [-0.1, -0.05) is 12.1 Å². The second-order valence-corrected chi connectivity index (χ2v) is 6.07. The van der Waals surface area contributed by atoms with E-state index >= 15 is 0 Å². The van der Waals surface area contributed by atoms with Crippen LogP contribution in [0.15, 0.2) is 41.3 Å². The number of allylic oxidation sites excluding steroid dienone is 1. The topological polar surface area (TPSA) is 54.0 Å². The number of ketones is 1. The van der Waals surface area contributed by atoms with Crippen LogP contribution < -0.4 is 18.9 Å². The van der Waals surface area contributed by atoms with Crippen LogP contribution in [0.3, 0.4) is 0 Å². The maximum atomic E-state index is 12.7. The molecule has 2 aromatic rings. The Kier molecular flexibility index (Phi) is 6.97. The summed E-state index contributed by atoms with van der Waals surface area (Å²) in [6.07, 6.45) is 5.17. The van der Waals surface area contributed by atoms with E-state index in [9.17, 15) is 4.79 Å². The molecule has 0 unspecified atom stereocenters. The van der Waals surface area contributed by atoms with Crippen LogP contribution in [-0.2, 0) is 0 Å². The van der Waals surface area contributed by atoms with E-state index < -0.39 is 0 Å². The first-order valence-corrected chi connectivity index (χ1v) is 9.04. The first-order chi connectivity index (χ1) is 12.6. The van der Waals surface area contributed by atoms with E-state index in [-0.39, 0.29) is 5.78 Å². The van der Waals surface area contributed by atoms with Crippen LogP contribution in [0.5, 0.6) is 23.0 Å².